The summed E-state index contributed by atoms with van der Waals surface area (Å²) in [6, 6.07) is 21.1. The van der Waals surface area contributed by atoms with Crippen molar-refractivity contribution in [3.63, 3.8) is 0 Å². The molecule has 2 aromatic rings. The van der Waals surface area contributed by atoms with Gasteiger partial charge < -0.3 is 10.4 Å². The third kappa shape index (κ3) is 4.48. The Kier molecular flexibility index (Phi) is 5.78. The zero-order valence-electron chi connectivity index (χ0n) is 12.0. The van der Waals surface area contributed by atoms with E-state index in [1.807, 2.05) is 19.1 Å². The van der Waals surface area contributed by atoms with Gasteiger partial charge in [0.05, 0.1) is 6.10 Å². The Morgan fingerprint density at radius 3 is 1.85 bits per heavy atom. The van der Waals surface area contributed by atoms with Gasteiger partial charge in [-0.25, -0.2) is 0 Å². The molecule has 2 aromatic carbocycles. The van der Waals surface area contributed by atoms with E-state index in [0.29, 0.717) is 5.92 Å². The topological polar surface area (TPSA) is 32.3 Å². The highest BCUT2D eigenvalue weighted by atomic mass is 16.3. The van der Waals surface area contributed by atoms with Gasteiger partial charge in [0.25, 0.3) is 0 Å². The highest BCUT2D eigenvalue weighted by molar-refractivity contribution is 5.32. The van der Waals surface area contributed by atoms with E-state index in [4.69, 9.17) is 0 Å². The highest BCUT2D eigenvalue weighted by Gasteiger charge is 2.13. The van der Waals surface area contributed by atoms with Gasteiger partial charge in [-0.05, 0) is 31.0 Å². The van der Waals surface area contributed by atoms with Crippen LogP contribution in [-0.2, 0) is 0 Å². The molecule has 0 fully saturated rings. The van der Waals surface area contributed by atoms with Crippen LogP contribution in [0.15, 0.2) is 60.7 Å². The molecule has 2 heteroatoms. The fourth-order valence-electron chi connectivity index (χ4n) is 2.36. The average molecular weight is 269 g/mol. The third-order valence-electron chi connectivity index (χ3n) is 3.49. The van der Waals surface area contributed by atoms with Crippen LogP contribution in [0.4, 0.5) is 0 Å². The fourth-order valence-corrected chi connectivity index (χ4v) is 2.36. The second kappa shape index (κ2) is 7.83. The summed E-state index contributed by atoms with van der Waals surface area (Å²) in [4.78, 5) is 0. The van der Waals surface area contributed by atoms with E-state index in [9.17, 15) is 5.11 Å². The van der Waals surface area contributed by atoms with Crippen LogP contribution in [0.5, 0.6) is 0 Å². The number of hydrogen-bond donors (Lipinski definition) is 2. The first kappa shape index (κ1) is 14.8. The molecular weight excluding hydrogens is 246 g/mol. The molecule has 0 spiro atoms. The molecule has 1 atom stereocenters. The zero-order chi connectivity index (χ0) is 14.2. The first-order valence-corrected chi connectivity index (χ1v) is 7.26. The van der Waals surface area contributed by atoms with Gasteiger partial charge in [-0.15, -0.1) is 0 Å². The lowest BCUT2D eigenvalue weighted by molar-refractivity contribution is 0.184. The number of rotatable bonds is 7. The smallest absolute Gasteiger partial charge is 0.0524 e. The molecule has 0 aliphatic carbocycles. The number of aliphatic hydroxyl groups is 1. The molecule has 2 N–H and O–H groups in total. The first-order valence-electron chi connectivity index (χ1n) is 7.26. The van der Waals surface area contributed by atoms with Crippen molar-refractivity contribution in [1.82, 2.24) is 5.32 Å². The summed E-state index contributed by atoms with van der Waals surface area (Å²) in [5, 5.41) is 12.8. The fraction of sp³-hybridized carbons (Fsp3) is 0.333. The Morgan fingerprint density at radius 1 is 0.900 bits per heavy atom. The van der Waals surface area contributed by atoms with Crippen molar-refractivity contribution in [3.05, 3.63) is 71.8 Å². The van der Waals surface area contributed by atoms with Crippen LogP contribution in [0.2, 0.25) is 0 Å². The minimum atomic E-state index is -0.241. The largest absolute Gasteiger partial charge is 0.393 e. The lowest BCUT2D eigenvalue weighted by Gasteiger charge is -2.19. The molecule has 20 heavy (non-hydrogen) atoms. The number of benzene rings is 2. The van der Waals surface area contributed by atoms with Gasteiger partial charge in [0.1, 0.15) is 0 Å². The molecule has 0 amide bonds. The van der Waals surface area contributed by atoms with E-state index < -0.39 is 0 Å². The Morgan fingerprint density at radius 2 is 1.40 bits per heavy atom. The van der Waals surface area contributed by atoms with Crippen LogP contribution in [0.1, 0.15) is 30.4 Å². The number of nitrogens with one attached hydrogen (secondary N) is 1. The maximum atomic E-state index is 9.31. The molecule has 0 aromatic heterocycles. The van der Waals surface area contributed by atoms with Crippen molar-refractivity contribution in [2.24, 2.45) is 0 Å². The summed E-state index contributed by atoms with van der Waals surface area (Å²) >= 11 is 0. The van der Waals surface area contributed by atoms with Gasteiger partial charge in [0.2, 0.25) is 0 Å². The second-order valence-corrected chi connectivity index (χ2v) is 5.22. The van der Waals surface area contributed by atoms with Crippen LogP contribution in [0.3, 0.4) is 0 Å². The summed E-state index contributed by atoms with van der Waals surface area (Å²) in [5.41, 5.74) is 2.64. The van der Waals surface area contributed by atoms with Crippen molar-refractivity contribution in [2.45, 2.75) is 25.4 Å². The van der Waals surface area contributed by atoms with Crippen LogP contribution < -0.4 is 5.32 Å². The van der Waals surface area contributed by atoms with Crippen molar-refractivity contribution >= 4 is 0 Å². The van der Waals surface area contributed by atoms with Crippen molar-refractivity contribution in [1.29, 1.82) is 0 Å². The summed E-state index contributed by atoms with van der Waals surface area (Å²) in [5.74, 6) is 0.353. The Balaban J connectivity index is 2.06. The molecule has 0 saturated heterocycles. The standard InChI is InChI=1S/C18H23NO/c1-15(20)12-13-19-14-18(16-8-4-2-5-9-16)17-10-6-3-7-11-17/h2-11,15,18-20H,12-14H2,1H3. The van der Waals surface area contributed by atoms with E-state index in [1.54, 1.807) is 0 Å². The molecule has 1 unspecified atom stereocenters. The highest BCUT2D eigenvalue weighted by Crippen LogP contribution is 2.23. The van der Waals surface area contributed by atoms with E-state index in [0.717, 1.165) is 19.5 Å². The van der Waals surface area contributed by atoms with Gasteiger partial charge in [-0.2, -0.15) is 0 Å². The molecule has 0 aliphatic rings. The van der Waals surface area contributed by atoms with Gasteiger partial charge in [-0.1, -0.05) is 60.7 Å². The Labute approximate surface area is 121 Å². The molecule has 0 aliphatic heterocycles. The van der Waals surface area contributed by atoms with E-state index in [2.05, 4.69) is 53.8 Å². The van der Waals surface area contributed by atoms with Gasteiger partial charge >= 0.3 is 0 Å². The van der Waals surface area contributed by atoms with Crippen LogP contribution in [-0.4, -0.2) is 24.3 Å². The maximum absolute atomic E-state index is 9.31. The van der Waals surface area contributed by atoms with E-state index in [1.165, 1.54) is 11.1 Å². The SMILES string of the molecule is CC(O)CCNCC(c1ccccc1)c1ccccc1. The normalized spacial score (nSPS) is 12.6. The summed E-state index contributed by atoms with van der Waals surface area (Å²) < 4.78 is 0. The molecular formula is C18H23NO. The molecule has 2 rings (SSSR count). The lowest BCUT2D eigenvalue weighted by Crippen LogP contribution is -2.25. The third-order valence-corrected chi connectivity index (χ3v) is 3.49. The molecule has 2 nitrogen and oxygen atoms in total. The monoisotopic (exact) mass is 269 g/mol. The van der Waals surface area contributed by atoms with Gasteiger partial charge in [0, 0.05) is 12.5 Å². The lowest BCUT2D eigenvalue weighted by atomic mass is 9.91. The van der Waals surface area contributed by atoms with Gasteiger partial charge in [-0.3, -0.25) is 0 Å². The molecule has 0 radical (unpaired) electrons. The Bertz CT molecular complexity index is 442. The van der Waals surface area contributed by atoms with Crippen LogP contribution in [0, 0.1) is 0 Å². The summed E-state index contributed by atoms with van der Waals surface area (Å²) in [7, 11) is 0. The van der Waals surface area contributed by atoms with Crippen molar-refractivity contribution in [3.8, 4) is 0 Å². The van der Waals surface area contributed by atoms with E-state index >= 15 is 0 Å². The molecule has 106 valence electrons. The quantitative estimate of drug-likeness (QED) is 0.757. The number of hydrogen-bond acceptors (Lipinski definition) is 2. The van der Waals surface area contributed by atoms with Crippen molar-refractivity contribution < 1.29 is 5.11 Å². The van der Waals surface area contributed by atoms with Crippen LogP contribution in [0.25, 0.3) is 0 Å². The molecule has 0 bridgehead atoms. The summed E-state index contributed by atoms with van der Waals surface area (Å²) in [6.45, 7) is 3.56. The van der Waals surface area contributed by atoms with Crippen LogP contribution >= 0.6 is 0 Å². The number of aliphatic hydroxyl groups excluding tert-OH is 1. The van der Waals surface area contributed by atoms with Crippen molar-refractivity contribution in [2.75, 3.05) is 13.1 Å². The van der Waals surface area contributed by atoms with E-state index in [-0.39, 0.29) is 6.10 Å². The predicted molar refractivity (Wildman–Crippen MR) is 83.9 cm³/mol. The average Bonchev–Trinajstić information content (AvgIpc) is 2.49. The Hall–Kier alpha value is -1.64. The summed E-state index contributed by atoms with van der Waals surface area (Å²) in [6.07, 6.45) is 0.547. The minimum absolute atomic E-state index is 0.241. The predicted octanol–water partition coefficient (Wildman–Crippen LogP) is 3.18. The second-order valence-electron chi connectivity index (χ2n) is 5.22. The molecule has 0 saturated carbocycles. The minimum Gasteiger partial charge on any atom is -0.393 e. The molecule has 0 heterocycles. The first-order chi connectivity index (χ1) is 9.77. The zero-order valence-corrected chi connectivity index (χ0v) is 12.0. The van der Waals surface area contributed by atoms with Gasteiger partial charge in [0.15, 0.2) is 0 Å². The maximum Gasteiger partial charge on any atom is 0.0524 e.